The van der Waals surface area contributed by atoms with Crippen molar-refractivity contribution in [3.63, 3.8) is 0 Å². The Morgan fingerprint density at radius 1 is 1.35 bits per heavy atom. The zero-order valence-corrected chi connectivity index (χ0v) is 12.2. The maximum atomic E-state index is 5.92. The van der Waals surface area contributed by atoms with Crippen molar-refractivity contribution < 1.29 is 0 Å². The van der Waals surface area contributed by atoms with Crippen molar-refractivity contribution in [2.75, 3.05) is 17.7 Å². The maximum Gasteiger partial charge on any atom is 0.0425 e. The molecule has 0 aliphatic rings. The highest BCUT2D eigenvalue weighted by molar-refractivity contribution is 7.98. The van der Waals surface area contributed by atoms with Crippen LogP contribution in [-0.2, 0) is 6.54 Å². The smallest absolute Gasteiger partial charge is 0.0425 e. The summed E-state index contributed by atoms with van der Waals surface area (Å²) >= 11 is 1.77. The van der Waals surface area contributed by atoms with E-state index in [1.165, 1.54) is 16.1 Å². The van der Waals surface area contributed by atoms with Crippen LogP contribution in [0.1, 0.15) is 32.8 Å². The second-order valence-corrected chi connectivity index (χ2v) is 5.30. The Morgan fingerprint density at radius 3 is 2.53 bits per heavy atom. The van der Waals surface area contributed by atoms with E-state index in [0.717, 1.165) is 13.0 Å². The lowest BCUT2D eigenvalue weighted by molar-refractivity contribution is 0.666. The fourth-order valence-electron chi connectivity index (χ4n) is 2.12. The van der Waals surface area contributed by atoms with Gasteiger partial charge in [-0.25, -0.2) is 0 Å². The molecule has 0 aliphatic carbocycles. The third-order valence-electron chi connectivity index (χ3n) is 2.93. The quantitative estimate of drug-likeness (QED) is 0.786. The fraction of sp³-hybridized carbons (Fsp3) is 0.571. The summed E-state index contributed by atoms with van der Waals surface area (Å²) in [6, 6.07) is 6.99. The maximum absolute atomic E-state index is 5.92. The van der Waals surface area contributed by atoms with Gasteiger partial charge in [0, 0.05) is 35.3 Å². The number of rotatable bonds is 6. The van der Waals surface area contributed by atoms with Gasteiger partial charge in [-0.1, -0.05) is 13.0 Å². The molecule has 0 amide bonds. The van der Waals surface area contributed by atoms with Crippen LogP contribution in [0.4, 0.5) is 5.69 Å². The van der Waals surface area contributed by atoms with Crippen LogP contribution in [0.3, 0.4) is 0 Å². The lowest BCUT2D eigenvalue weighted by atomic mass is 10.1. The van der Waals surface area contributed by atoms with Crippen molar-refractivity contribution >= 4 is 17.4 Å². The summed E-state index contributed by atoms with van der Waals surface area (Å²) in [5, 5.41) is 0. The highest BCUT2D eigenvalue weighted by atomic mass is 32.2. The molecule has 1 aromatic rings. The number of hydrogen-bond donors (Lipinski definition) is 1. The first-order valence-electron chi connectivity index (χ1n) is 6.28. The average molecular weight is 252 g/mol. The SMILES string of the molecule is CCCN(c1cccc(SC)c1CN)C(C)C. The molecule has 96 valence electrons. The largest absolute Gasteiger partial charge is 0.369 e. The van der Waals surface area contributed by atoms with Gasteiger partial charge in [0.15, 0.2) is 0 Å². The molecule has 2 nitrogen and oxygen atoms in total. The van der Waals surface area contributed by atoms with Crippen molar-refractivity contribution in [3.05, 3.63) is 23.8 Å². The monoisotopic (exact) mass is 252 g/mol. The molecule has 0 radical (unpaired) electrons. The van der Waals surface area contributed by atoms with E-state index in [0.29, 0.717) is 12.6 Å². The minimum Gasteiger partial charge on any atom is -0.369 e. The van der Waals surface area contributed by atoms with Crippen LogP contribution in [-0.4, -0.2) is 18.8 Å². The lowest BCUT2D eigenvalue weighted by Gasteiger charge is -2.31. The number of nitrogens with two attached hydrogens (primary N) is 1. The minimum absolute atomic E-state index is 0.511. The van der Waals surface area contributed by atoms with E-state index < -0.39 is 0 Å². The van der Waals surface area contributed by atoms with Gasteiger partial charge in [0.1, 0.15) is 0 Å². The van der Waals surface area contributed by atoms with Crippen LogP contribution < -0.4 is 10.6 Å². The highest BCUT2D eigenvalue weighted by Crippen LogP contribution is 2.30. The molecule has 1 aromatic carbocycles. The Balaban J connectivity index is 3.17. The van der Waals surface area contributed by atoms with Gasteiger partial charge in [-0.3, -0.25) is 0 Å². The first-order valence-corrected chi connectivity index (χ1v) is 7.50. The minimum atomic E-state index is 0.511. The third kappa shape index (κ3) is 3.39. The van der Waals surface area contributed by atoms with Crippen LogP contribution in [0.15, 0.2) is 23.1 Å². The topological polar surface area (TPSA) is 29.3 Å². The first-order chi connectivity index (χ1) is 8.15. The summed E-state index contributed by atoms with van der Waals surface area (Å²) in [4.78, 5) is 3.74. The van der Waals surface area contributed by atoms with Gasteiger partial charge in [-0.05, 0) is 38.7 Å². The number of hydrogen-bond acceptors (Lipinski definition) is 3. The molecule has 0 fully saturated rings. The number of benzene rings is 1. The second-order valence-electron chi connectivity index (χ2n) is 4.45. The summed E-state index contributed by atoms with van der Waals surface area (Å²) in [5.74, 6) is 0. The van der Waals surface area contributed by atoms with Crippen molar-refractivity contribution in [3.8, 4) is 0 Å². The number of thioether (sulfide) groups is 1. The molecule has 0 saturated heterocycles. The Bertz CT molecular complexity index is 350. The molecule has 0 saturated carbocycles. The highest BCUT2D eigenvalue weighted by Gasteiger charge is 2.15. The molecular formula is C14H24N2S. The van der Waals surface area contributed by atoms with Crippen molar-refractivity contribution in [1.29, 1.82) is 0 Å². The van der Waals surface area contributed by atoms with Crippen molar-refractivity contribution in [1.82, 2.24) is 0 Å². The van der Waals surface area contributed by atoms with Gasteiger partial charge >= 0.3 is 0 Å². The fourth-order valence-corrected chi connectivity index (χ4v) is 2.77. The molecule has 0 atom stereocenters. The molecule has 0 unspecified atom stereocenters. The lowest BCUT2D eigenvalue weighted by Crippen LogP contribution is -2.32. The predicted octanol–water partition coefficient (Wildman–Crippen LogP) is 3.49. The van der Waals surface area contributed by atoms with E-state index in [4.69, 9.17) is 5.73 Å². The molecule has 1 rings (SSSR count). The van der Waals surface area contributed by atoms with Crippen LogP contribution in [0.5, 0.6) is 0 Å². The van der Waals surface area contributed by atoms with Crippen molar-refractivity contribution in [2.45, 2.75) is 44.7 Å². The van der Waals surface area contributed by atoms with Crippen LogP contribution in [0, 0.1) is 0 Å². The Labute approximate surface area is 110 Å². The Kier molecular flexibility index (Phi) is 5.86. The van der Waals surface area contributed by atoms with E-state index in [9.17, 15) is 0 Å². The zero-order chi connectivity index (χ0) is 12.8. The molecule has 0 bridgehead atoms. The summed E-state index contributed by atoms with van der Waals surface area (Å²) < 4.78 is 0. The molecule has 0 aromatic heterocycles. The first kappa shape index (κ1) is 14.4. The Hall–Kier alpha value is -0.670. The summed E-state index contributed by atoms with van der Waals surface area (Å²) in [7, 11) is 0. The van der Waals surface area contributed by atoms with E-state index in [2.05, 4.69) is 50.1 Å². The molecule has 2 N–H and O–H groups in total. The predicted molar refractivity (Wildman–Crippen MR) is 78.9 cm³/mol. The standard InChI is InChI=1S/C14H24N2S/c1-5-9-16(11(2)3)13-7-6-8-14(17-4)12(13)10-15/h6-8,11H,5,9-10,15H2,1-4H3. The second kappa shape index (κ2) is 6.92. The van der Waals surface area contributed by atoms with Gasteiger partial charge < -0.3 is 10.6 Å². The normalized spacial score (nSPS) is 10.9. The zero-order valence-electron chi connectivity index (χ0n) is 11.4. The average Bonchev–Trinajstić information content (AvgIpc) is 2.34. The van der Waals surface area contributed by atoms with E-state index >= 15 is 0 Å². The van der Waals surface area contributed by atoms with Crippen LogP contribution in [0.2, 0.25) is 0 Å². The van der Waals surface area contributed by atoms with E-state index in [1.54, 1.807) is 11.8 Å². The Morgan fingerprint density at radius 2 is 2.06 bits per heavy atom. The molecule has 17 heavy (non-hydrogen) atoms. The number of nitrogens with zero attached hydrogens (tertiary/aromatic N) is 1. The summed E-state index contributed by atoms with van der Waals surface area (Å²) in [6.07, 6.45) is 3.27. The van der Waals surface area contributed by atoms with Crippen LogP contribution >= 0.6 is 11.8 Å². The van der Waals surface area contributed by atoms with Crippen molar-refractivity contribution in [2.24, 2.45) is 5.73 Å². The third-order valence-corrected chi connectivity index (χ3v) is 3.75. The summed E-state index contributed by atoms with van der Waals surface area (Å²) in [6.45, 7) is 8.39. The number of anilines is 1. The molecule has 0 spiro atoms. The summed E-state index contributed by atoms with van der Waals surface area (Å²) in [5.41, 5.74) is 8.50. The van der Waals surface area contributed by atoms with Gasteiger partial charge in [0.2, 0.25) is 0 Å². The molecule has 0 heterocycles. The molecular weight excluding hydrogens is 228 g/mol. The molecule has 3 heteroatoms. The van der Waals surface area contributed by atoms with Gasteiger partial charge in [0.05, 0.1) is 0 Å². The van der Waals surface area contributed by atoms with Gasteiger partial charge in [-0.15, -0.1) is 11.8 Å². The van der Waals surface area contributed by atoms with Gasteiger partial charge in [0.25, 0.3) is 0 Å². The van der Waals surface area contributed by atoms with Gasteiger partial charge in [-0.2, -0.15) is 0 Å². The molecule has 0 aliphatic heterocycles. The van der Waals surface area contributed by atoms with E-state index in [-0.39, 0.29) is 0 Å². The van der Waals surface area contributed by atoms with Crippen LogP contribution in [0.25, 0.3) is 0 Å². The van der Waals surface area contributed by atoms with E-state index in [1.807, 2.05) is 0 Å².